The standard InChI is InChI=1S/C10H12N2O2/c1-7-10-8(5-6-11-7)3-2-4-9(10)12(13)14/h2-4,7,11H,5-6H2,1H3. The second-order valence-corrected chi connectivity index (χ2v) is 3.53. The first-order valence-electron chi connectivity index (χ1n) is 4.69. The smallest absolute Gasteiger partial charge is 0.274 e. The summed E-state index contributed by atoms with van der Waals surface area (Å²) in [5.41, 5.74) is 2.19. The van der Waals surface area contributed by atoms with E-state index < -0.39 is 0 Å². The molecule has 2 rings (SSSR count). The van der Waals surface area contributed by atoms with E-state index in [0.29, 0.717) is 0 Å². The summed E-state index contributed by atoms with van der Waals surface area (Å²) in [5, 5.41) is 14.0. The lowest BCUT2D eigenvalue weighted by Crippen LogP contribution is -2.28. The molecule has 0 amide bonds. The third kappa shape index (κ3) is 1.37. The van der Waals surface area contributed by atoms with Crippen LogP contribution in [0.25, 0.3) is 0 Å². The summed E-state index contributed by atoms with van der Waals surface area (Å²) >= 11 is 0. The Morgan fingerprint density at radius 1 is 1.57 bits per heavy atom. The minimum Gasteiger partial charge on any atom is -0.310 e. The fourth-order valence-electron chi connectivity index (χ4n) is 2.00. The number of nitro groups is 1. The second kappa shape index (κ2) is 3.38. The quantitative estimate of drug-likeness (QED) is 0.545. The van der Waals surface area contributed by atoms with Crippen molar-refractivity contribution in [3.63, 3.8) is 0 Å². The van der Waals surface area contributed by atoms with Gasteiger partial charge in [-0.15, -0.1) is 0 Å². The van der Waals surface area contributed by atoms with Gasteiger partial charge in [-0.2, -0.15) is 0 Å². The van der Waals surface area contributed by atoms with Gasteiger partial charge in [-0.05, 0) is 25.5 Å². The molecule has 4 heteroatoms. The van der Waals surface area contributed by atoms with Crippen molar-refractivity contribution in [2.75, 3.05) is 6.54 Å². The van der Waals surface area contributed by atoms with Gasteiger partial charge in [-0.1, -0.05) is 12.1 Å². The highest BCUT2D eigenvalue weighted by Crippen LogP contribution is 2.30. The Bertz CT molecular complexity index is 376. The molecule has 14 heavy (non-hydrogen) atoms. The van der Waals surface area contributed by atoms with Crippen molar-refractivity contribution in [2.45, 2.75) is 19.4 Å². The Labute approximate surface area is 82.1 Å². The summed E-state index contributed by atoms with van der Waals surface area (Å²) in [6.45, 7) is 2.86. The Kier molecular flexibility index (Phi) is 2.21. The van der Waals surface area contributed by atoms with E-state index >= 15 is 0 Å². The lowest BCUT2D eigenvalue weighted by atomic mass is 9.94. The lowest BCUT2D eigenvalue weighted by Gasteiger charge is -2.23. The average Bonchev–Trinajstić information content (AvgIpc) is 2.17. The molecule has 4 nitrogen and oxygen atoms in total. The zero-order valence-corrected chi connectivity index (χ0v) is 7.99. The van der Waals surface area contributed by atoms with Crippen LogP contribution in [0.4, 0.5) is 5.69 Å². The lowest BCUT2D eigenvalue weighted by molar-refractivity contribution is -0.385. The van der Waals surface area contributed by atoms with E-state index in [2.05, 4.69) is 5.32 Å². The summed E-state index contributed by atoms with van der Waals surface area (Å²) in [4.78, 5) is 10.5. The van der Waals surface area contributed by atoms with Gasteiger partial charge in [0.2, 0.25) is 0 Å². The number of nitrogens with one attached hydrogen (secondary N) is 1. The summed E-state index contributed by atoms with van der Waals surface area (Å²) in [6, 6.07) is 5.39. The maximum Gasteiger partial charge on any atom is 0.274 e. The molecule has 1 aromatic rings. The first-order chi connectivity index (χ1) is 6.70. The maximum atomic E-state index is 10.8. The third-order valence-electron chi connectivity index (χ3n) is 2.65. The number of nitro benzene ring substituents is 1. The van der Waals surface area contributed by atoms with E-state index in [4.69, 9.17) is 0 Å². The van der Waals surface area contributed by atoms with Crippen LogP contribution in [-0.2, 0) is 6.42 Å². The number of fused-ring (bicyclic) bond motifs is 1. The molecule has 1 aliphatic heterocycles. The molecule has 0 aliphatic carbocycles. The van der Waals surface area contributed by atoms with Crippen LogP contribution >= 0.6 is 0 Å². The molecule has 1 N–H and O–H groups in total. The summed E-state index contributed by atoms with van der Waals surface area (Å²) in [6.07, 6.45) is 0.876. The van der Waals surface area contributed by atoms with Gasteiger partial charge in [-0.25, -0.2) is 0 Å². The molecule has 0 aromatic heterocycles. The van der Waals surface area contributed by atoms with Crippen LogP contribution in [0, 0.1) is 10.1 Å². The predicted molar refractivity (Wildman–Crippen MR) is 53.2 cm³/mol. The summed E-state index contributed by atoms with van der Waals surface area (Å²) in [5.74, 6) is 0. The monoisotopic (exact) mass is 192 g/mol. The van der Waals surface area contributed by atoms with E-state index in [-0.39, 0.29) is 16.7 Å². The van der Waals surface area contributed by atoms with Crippen LogP contribution in [0.3, 0.4) is 0 Å². The van der Waals surface area contributed by atoms with Gasteiger partial charge in [0.05, 0.1) is 4.92 Å². The highest BCUT2D eigenvalue weighted by atomic mass is 16.6. The van der Waals surface area contributed by atoms with Crippen molar-refractivity contribution in [1.82, 2.24) is 5.32 Å². The third-order valence-corrected chi connectivity index (χ3v) is 2.65. The number of hydrogen-bond donors (Lipinski definition) is 1. The first-order valence-corrected chi connectivity index (χ1v) is 4.69. The van der Waals surface area contributed by atoms with Gasteiger partial charge in [-0.3, -0.25) is 10.1 Å². The zero-order valence-electron chi connectivity index (χ0n) is 7.99. The fourth-order valence-corrected chi connectivity index (χ4v) is 2.00. The molecule has 1 unspecified atom stereocenters. The Morgan fingerprint density at radius 3 is 3.07 bits per heavy atom. The zero-order chi connectivity index (χ0) is 10.1. The van der Waals surface area contributed by atoms with E-state index in [0.717, 1.165) is 24.1 Å². The minimum atomic E-state index is -0.303. The Hall–Kier alpha value is -1.42. The van der Waals surface area contributed by atoms with Gasteiger partial charge in [0.1, 0.15) is 0 Å². The van der Waals surface area contributed by atoms with E-state index in [1.165, 1.54) is 0 Å². The normalized spacial score (nSPS) is 20.2. The van der Waals surface area contributed by atoms with Gasteiger partial charge >= 0.3 is 0 Å². The largest absolute Gasteiger partial charge is 0.310 e. The van der Waals surface area contributed by atoms with Crippen LogP contribution in [0.5, 0.6) is 0 Å². The van der Waals surface area contributed by atoms with Crippen LogP contribution < -0.4 is 5.32 Å². The van der Waals surface area contributed by atoms with Crippen molar-refractivity contribution in [3.05, 3.63) is 39.4 Å². The topological polar surface area (TPSA) is 55.2 Å². The molecule has 0 radical (unpaired) electrons. The van der Waals surface area contributed by atoms with E-state index in [1.807, 2.05) is 13.0 Å². The highest BCUT2D eigenvalue weighted by molar-refractivity contribution is 5.48. The number of benzene rings is 1. The fraction of sp³-hybridized carbons (Fsp3) is 0.400. The minimum absolute atomic E-state index is 0.0837. The van der Waals surface area contributed by atoms with Crippen molar-refractivity contribution in [2.24, 2.45) is 0 Å². The first kappa shape index (κ1) is 9.15. The number of nitrogens with zero attached hydrogens (tertiary/aromatic N) is 1. The van der Waals surface area contributed by atoms with Gasteiger partial charge in [0.15, 0.2) is 0 Å². The molecule has 1 heterocycles. The van der Waals surface area contributed by atoms with Crippen LogP contribution in [-0.4, -0.2) is 11.5 Å². The molecular formula is C10H12N2O2. The van der Waals surface area contributed by atoms with Crippen LogP contribution in [0.1, 0.15) is 24.1 Å². The molecule has 74 valence electrons. The highest BCUT2D eigenvalue weighted by Gasteiger charge is 2.24. The Morgan fingerprint density at radius 2 is 2.36 bits per heavy atom. The summed E-state index contributed by atoms with van der Waals surface area (Å²) in [7, 11) is 0. The van der Waals surface area contributed by atoms with E-state index in [1.54, 1.807) is 12.1 Å². The molecule has 0 bridgehead atoms. The second-order valence-electron chi connectivity index (χ2n) is 3.53. The Balaban J connectivity index is 2.57. The molecular weight excluding hydrogens is 180 g/mol. The van der Waals surface area contributed by atoms with Crippen molar-refractivity contribution < 1.29 is 4.92 Å². The van der Waals surface area contributed by atoms with Gasteiger partial charge in [0.25, 0.3) is 5.69 Å². The molecule has 0 saturated heterocycles. The molecule has 0 spiro atoms. The molecule has 1 atom stereocenters. The molecule has 1 aliphatic rings. The van der Waals surface area contributed by atoms with Gasteiger partial charge < -0.3 is 5.32 Å². The van der Waals surface area contributed by atoms with Gasteiger partial charge in [0, 0.05) is 17.7 Å². The predicted octanol–water partition coefficient (Wildman–Crippen LogP) is 1.80. The van der Waals surface area contributed by atoms with Crippen molar-refractivity contribution >= 4 is 5.69 Å². The SMILES string of the molecule is CC1NCCc2cccc([N+](=O)[O-])c21. The average molecular weight is 192 g/mol. The summed E-state index contributed by atoms with van der Waals surface area (Å²) < 4.78 is 0. The van der Waals surface area contributed by atoms with E-state index in [9.17, 15) is 10.1 Å². The molecule has 0 fully saturated rings. The number of hydrogen-bond acceptors (Lipinski definition) is 3. The number of rotatable bonds is 1. The van der Waals surface area contributed by atoms with Crippen molar-refractivity contribution in [3.8, 4) is 0 Å². The van der Waals surface area contributed by atoms with Crippen LogP contribution in [0.2, 0.25) is 0 Å². The maximum absolute atomic E-state index is 10.8. The van der Waals surface area contributed by atoms with Crippen LogP contribution in [0.15, 0.2) is 18.2 Å². The van der Waals surface area contributed by atoms with Crippen molar-refractivity contribution in [1.29, 1.82) is 0 Å². The molecule has 1 aromatic carbocycles. The molecule has 0 saturated carbocycles.